The lowest BCUT2D eigenvalue weighted by Gasteiger charge is -2.13. The summed E-state index contributed by atoms with van der Waals surface area (Å²) < 4.78 is 5.09. The van der Waals surface area contributed by atoms with Gasteiger partial charge in [-0.1, -0.05) is 23.2 Å². The standard InChI is InChI=1S/C16H11Cl2NO5/c1-9(15(20)10-2-4-11(17)5-3-10)24-16(21)13-7-6-12(19(22)23)8-14(13)18/h2-9H,1H3/t9-/m1/s1. The summed E-state index contributed by atoms with van der Waals surface area (Å²) in [4.78, 5) is 34.3. The third-order valence-electron chi connectivity index (χ3n) is 3.17. The predicted octanol–water partition coefficient (Wildman–Crippen LogP) is 4.33. The Kier molecular flexibility index (Phi) is 5.54. The number of ether oxygens (including phenoxy) is 1. The molecular formula is C16H11Cl2NO5. The summed E-state index contributed by atoms with van der Waals surface area (Å²) in [6.45, 7) is 1.42. The number of Topliss-reactive ketones (excluding diaryl/α,β-unsaturated/α-hetero) is 1. The number of nitro groups is 1. The molecule has 2 rings (SSSR count). The quantitative estimate of drug-likeness (QED) is 0.339. The van der Waals surface area contributed by atoms with Gasteiger partial charge in [0.15, 0.2) is 6.10 Å². The van der Waals surface area contributed by atoms with Crippen LogP contribution in [0.4, 0.5) is 5.69 Å². The molecule has 0 radical (unpaired) electrons. The highest BCUT2D eigenvalue weighted by molar-refractivity contribution is 6.33. The third kappa shape index (κ3) is 4.10. The fourth-order valence-electron chi connectivity index (χ4n) is 1.91. The molecule has 8 heteroatoms. The molecule has 0 fully saturated rings. The van der Waals surface area contributed by atoms with Crippen molar-refractivity contribution in [2.75, 3.05) is 0 Å². The molecule has 0 bridgehead atoms. The first kappa shape index (κ1) is 17.9. The van der Waals surface area contributed by atoms with Crippen molar-refractivity contribution in [1.29, 1.82) is 0 Å². The van der Waals surface area contributed by atoms with Crippen LogP contribution in [0.25, 0.3) is 0 Å². The minimum Gasteiger partial charge on any atom is -0.451 e. The van der Waals surface area contributed by atoms with Gasteiger partial charge in [0.1, 0.15) is 0 Å². The number of ketones is 1. The summed E-state index contributed by atoms with van der Waals surface area (Å²) in [5, 5.41) is 11.0. The summed E-state index contributed by atoms with van der Waals surface area (Å²) in [5.41, 5.74) is 0.0364. The van der Waals surface area contributed by atoms with E-state index >= 15 is 0 Å². The Bertz CT molecular complexity index is 805. The maximum Gasteiger partial charge on any atom is 0.340 e. The van der Waals surface area contributed by atoms with Gasteiger partial charge in [0.25, 0.3) is 5.69 Å². The molecule has 0 aromatic heterocycles. The molecule has 0 unspecified atom stereocenters. The third-order valence-corrected chi connectivity index (χ3v) is 3.73. The summed E-state index contributed by atoms with van der Waals surface area (Å²) in [6.07, 6.45) is -1.05. The van der Waals surface area contributed by atoms with E-state index in [1.165, 1.54) is 25.1 Å². The first-order valence-electron chi connectivity index (χ1n) is 6.74. The number of halogens is 2. The number of nitrogens with zero attached hydrogens (tertiary/aromatic N) is 1. The van der Waals surface area contributed by atoms with E-state index in [4.69, 9.17) is 27.9 Å². The van der Waals surface area contributed by atoms with E-state index in [1.807, 2.05) is 0 Å². The average Bonchev–Trinajstić information content (AvgIpc) is 2.54. The number of esters is 1. The van der Waals surface area contributed by atoms with Gasteiger partial charge in [0.2, 0.25) is 5.78 Å². The zero-order valence-electron chi connectivity index (χ0n) is 12.4. The van der Waals surface area contributed by atoms with E-state index in [1.54, 1.807) is 12.1 Å². The van der Waals surface area contributed by atoms with Gasteiger partial charge >= 0.3 is 5.97 Å². The minimum absolute atomic E-state index is 0.0574. The van der Waals surface area contributed by atoms with Crippen LogP contribution in [-0.2, 0) is 4.74 Å². The number of nitro benzene ring substituents is 1. The van der Waals surface area contributed by atoms with Crippen LogP contribution in [0.1, 0.15) is 27.6 Å². The summed E-state index contributed by atoms with van der Waals surface area (Å²) >= 11 is 11.6. The van der Waals surface area contributed by atoms with E-state index in [0.717, 1.165) is 12.1 Å². The monoisotopic (exact) mass is 367 g/mol. The molecule has 0 saturated heterocycles. The van der Waals surface area contributed by atoms with Gasteiger partial charge in [0.05, 0.1) is 15.5 Å². The lowest BCUT2D eigenvalue weighted by Crippen LogP contribution is -2.24. The summed E-state index contributed by atoms with van der Waals surface area (Å²) in [6, 6.07) is 9.51. The smallest absolute Gasteiger partial charge is 0.340 e. The molecule has 2 aromatic carbocycles. The van der Waals surface area contributed by atoms with Crippen LogP contribution in [0.2, 0.25) is 10.0 Å². The number of rotatable bonds is 5. The molecule has 24 heavy (non-hydrogen) atoms. The molecule has 2 aromatic rings. The van der Waals surface area contributed by atoms with Gasteiger partial charge in [-0.05, 0) is 37.3 Å². The number of hydrogen-bond acceptors (Lipinski definition) is 5. The van der Waals surface area contributed by atoms with Crippen LogP contribution in [0.5, 0.6) is 0 Å². The molecule has 0 amide bonds. The average molecular weight is 368 g/mol. The predicted molar refractivity (Wildman–Crippen MR) is 88.8 cm³/mol. The van der Waals surface area contributed by atoms with Crippen molar-refractivity contribution in [2.24, 2.45) is 0 Å². The zero-order chi connectivity index (χ0) is 17.9. The number of hydrogen-bond donors (Lipinski definition) is 0. The van der Waals surface area contributed by atoms with Gasteiger partial charge in [-0.3, -0.25) is 14.9 Å². The molecule has 0 N–H and O–H groups in total. The molecule has 0 spiro atoms. The second-order valence-electron chi connectivity index (χ2n) is 4.84. The number of carbonyl (C=O) groups is 2. The number of carbonyl (C=O) groups excluding carboxylic acids is 2. The highest BCUT2D eigenvalue weighted by Crippen LogP contribution is 2.23. The minimum atomic E-state index is -1.05. The van der Waals surface area contributed by atoms with Crippen LogP contribution in [-0.4, -0.2) is 22.8 Å². The largest absolute Gasteiger partial charge is 0.451 e. The van der Waals surface area contributed by atoms with Crippen molar-refractivity contribution in [2.45, 2.75) is 13.0 Å². The number of non-ortho nitro benzene ring substituents is 1. The molecule has 0 aliphatic carbocycles. The van der Waals surface area contributed by atoms with Crippen LogP contribution < -0.4 is 0 Å². The second-order valence-corrected chi connectivity index (χ2v) is 5.68. The Hall–Kier alpha value is -2.44. The highest BCUT2D eigenvalue weighted by Gasteiger charge is 2.22. The molecular weight excluding hydrogens is 357 g/mol. The molecule has 0 aliphatic rings. The molecule has 6 nitrogen and oxygen atoms in total. The van der Waals surface area contributed by atoms with Gasteiger partial charge in [0, 0.05) is 22.7 Å². The van der Waals surface area contributed by atoms with E-state index in [2.05, 4.69) is 0 Å². The second kappa shape index (κ2) is 7.42. The molecule has 0 heterocycles. The van der Waals surface area contributed by atoms with Gasteiger partial charge in [-0.2, -0.15) is 0 Å². The Balaban J connectivity index is 2.12. The van der Waals surface area contributed by atoms with Gasteiger partial charge < -0.3 is 4.74 Å². The van der Waals surface area contributed by atoms with E-state index in [-0.39, 0.29) is 16.3 Å². The first-order chi connectivity index (χ1) is 11.3. The van der Waals surface area contributed by atoms with E-state index in [0.29, 0.717) is 10.6 Å². The highest BCUT2D eigenvalue weighted by atomic mass is 35.5. The number of benzene rings is 2. The van der Waals surface area contributed by atoms with Crippen molar-refractivity contribution in [1.82, 2.24) is 0 Å². The van der Waals surface area contributed by atoms with Crippen LogP contribution in [0, 0.1) is 10.1 Å². The molecule has 0 aliphatic heterocycles. The van der Waals surface area contributed by atoms with Crippen LogP contribution >= 0.6 is 23.2 Å². The fourth-order valence-corrected chi connectivity index (χ4v) is 2.29. The van der Waals surface area contributed by atoms with E-state index in [9.17, 15) is 19.7 Å². The Labute approximate surface area is 147 Å². The van der Waals surface area contributed by atoms with E-state index < -0.39 is 22.8 Å². The van der Waals surface area contributed by atoms with Gasteiger partial charge in [-0.25, -0.2) is 4.79 Å². The first-order valence-corrected chi connectivity index (χ1v) is 7.50. The lowest BCUT2D eigenvalue weighted by molar-refractivity contribution is -0.384. The van der Waals surface area contributed by atoms with Crippen molar-refractivity contribution < 1.29 is 19.2 Å². The van der Waals surface area contributed by atoms with Crippen LogP contribution in [0.3, 0.4) is 0 Å². The summed E-state index contributed by atoms with van der Waals surface area (Å²) in [5.74, 6) is -1.25. The van der Waals surface area contributed by atoms with Gasteiger partial charge in [-0.15, -0.1) is 0 Å². The molecule has 124 valence electrons. The Morgan fingerprint density at radius 3 is 2.29 bits per heavy atom. The van der Waals surface area contributed by atoms with Crippen LogP contribution in [0.15, 0.2) is 42.5 Å². The SMILES string of the molecule is C[C@@H](OC(=O)c1ccc([N+](=O)[O-])cc1Cl)C(=O)c1ccc(Cl)cc1. The maximum atomic E-state index is 12.2. The summed E-state index contributed by atoms with van der Waals surface area (Å²) in [7, 11) is 0. The zero-order valence-corrected chi connectivity index (χ0v) is 13.9. The Morgan fingerprint density at radius 1 is 1.12 bits per heavy atom. The topological polar surface area (TPSA) is 86.5 Å². The van der Waals surface area contributed by atoms with Crippen molar-refractivity contribution in [3.63, 3.8) is 0 Å². The van der Waals surface area contributed by atoms with Crippen molar-refractivity contribution in [3.05, 3.63) is 73.8 Å². The lowest BCUT2D eigenvalue weighted by atomic mass is 10.1. The van der Waals surface area contributed by atoms with Crippen molar-refractivity contribution in [3.8, 4) is 0 Å². The molecule has 1 atom stereocenters. The van der Waals surface area contributed by atoms with Crippen molar-refractivity contribution >= 4 is 40.6 Å². The maximum absolute atomic E-state index is 12.2. The normalized spacial score (nSPS) is 11.6. The Morgan fingerprint density at radius 2 is 1.75 bits per heavy atom. The molecule has 0 saturated carbocycles. The fraction of sp³-hybridized carbons (Fsp3) is 0.125.